The van der Waals surface area contributed by atoms with E-state index in [-0.39, 0.29) is 12.4 Å². The molecule has 0 amide bonds. The van der Waals surface area contributed by atoms with Gasteiger partial charge in [-0.25, -0.2) is 8.78 Å². The summed E-state index contributed by atoms with van der Waals surface area (Å²) in [6.07, 6.45) is 0.449. The van der Waals surface area contributed by atoms with Crippen LogP contribution in [0, 0.1) is 11.6 Å². The first-order valence-corrected chi connectivity index (χ1v) is 5.04. The molecule has 0 saturated carbocycles. The lowest BCUT2D eigenvalue weighted by atomic mass is 10.1. The molecule has 0 atom stereocenters. The van der Waals surface area contributed by atoms with Crippen LogP contribution in [0.15, 0.2) is 16.6 Å². The first kappa shape index (κ1) is 12.1. The van der Waals surface area contributed by atoms with Crippen molar-refractivity contribution in [2.24, 2.45) is 0 Å². The van der Waals surface area contributed by atoms with Crippen LogP contribution in [0.1, 0.15) is 12.0 Å². The third kappa shape index (κ3) is 3.27. The fourth-order valence-electron chi connectivity index (χ4n) is 1.09. The monoisotopic (exact) mass is 278 g/mol. The molecule has 1 aromatic carbocycles. The standard InChI is InChI=1S/C10H9BrF2O2/c1-15-10(14)3-2-6-4-8(12)9(13)5-7(6)11/h4-5H,2-3H2,1H3. The number of benzene rings is 1. The van der Waals surface area contributed by atoms with Crippen molar-refractivity contribution < 1.29 is 18.3 Å². The number of carbonyl (C=O) groups is 1. The Hall–Kier alpha value is -0.970. The second-order valence-electron chi connectivity index (χ2n) is 2.93. The Labute approximate surface area is 94.4 Å². The molecule has 0 aliphatic heterocycles. The molecule has 0 spiro atoms. The summed E-state index contributed by atoms with van der Waals surface area (Å²) in [4.78, 5) is 10.8. The van der Waals surface area contributed by atoms with Crippen LogP contribution in [0.2, 0.25) is 0 Å². The summed E-state index contributed by atoms with van der Waals surface area (Å²) in [5, 5.41) is 0. The molecule has 0 aliphatic carbocycles. The molecule has 0 unspecified atom stereocenters. The molecule has 82 valence electrons. The van der Waals surface area contributed by atoms with Gasteiger partial charge in [-0.1, -0.05) is 15.9 Å². The second kappa shape index (κ2) is 5.21. The minimum Gasteiger partial charge on any atom is -0.469 e. The molecule has 0 saturated heterocycles. The average molecular weight is 279 g/mol. The molecule has 0 N–H and O–H groups in total. The van der Waals surface area contributed by atoms with E-state index < -0.39 is 11.6 Å². The molecule has 0 aromatic heterocycles. The topological polar surface area (TPSA) is 26.3 Å². The van der Waals surface area contributed by atoms with Crippen LogP contribution < -0.4 is 0 Å². The Balaban J connectivity index is 2.77. The van der Waals surface area contributed by atoms with Gasteiger partial charge in [0.15, 0.2) is 11.6 Å². The Morgan fingerprint density at radius 3 is 2.60 bits per heavy atom. The largest absolute Gasteiger partial charge is 0.469 e. The molecule has 5 heteroatoms. The summed E-state index contributed by atoms with van der Waals surface area (Å²) in [5.74, 6) is -2.21. The van der Waals surface area contributed by atoms with Crippen molar-refractivity contribution in [2.45, 2.75) is 12.8 Å². The second-order valence-corrected chi connectivity index (χ2v) is 3.79. The van der Waals surface area contributed by atoms with Gasteiger partial charge in [-0.2, -0.15) is 0 Å². The predicted molar refractivity (Wildman–Crippen MR) is 54.4 cm³/mol. The fourth-order valence-corrected chi connectivity index (χ4v) is 1.61. The first-order valence-electron chi connectivity index (χ1n) is 4.25. The molecule has 0 aliphatic rings. The maximum atomic E-state index is 12.9. The van der Waals surface area contributed by atoms with Crippen LogP contribution >= 0.6 is 15.9 Å². The van der Waals surface area contributed by atoms with Crippen molar-refractivity contribution in [3.8, 4) is 0 Å². The lowest BCUT2D eigenvalue weighted by molar-refractivity contribution is -0.140. The van der Waals surface area contributed by atoms with E-state index in [2.05, 4.69) is 20.7 Å². The number of methoxy groups -OCH3 is 1. The average Bonchev–Trinajstić information content (AvgIpc) is 2.21. The quantitative estimate of drug-likeness (QED) is 0.628. The lowest BCUT2D eigenvalue weighted by Crippen LogP contribution is -2.03. The van der Waals surface area contributed by atoms with Crippen molar-refractivity contribution in [1.29, 1.82) is 0 Å². The molecular formula is C10H9BrF2O2. The Morgan fingerprint density at radius 2 is 2.00 bits per heavy atom. The van der Waals surface area contributed by atoms with Crippen molar-refractivity contribution >= 4 is 21.9 Å². The normalized spacial score (nSPS) is 10.1. The van der Waals surface area contributed by atoms with Crippen LogP contribution in [0.3, 0.4) is 0 Å². The summed E-state index contributed by atoms with van der Waals surface area (Å²) < 4.78 is 30.5. The number of hydrogen-bond acceptors (Lipinski definition) is 2. The summed E-state index contributed by atoms with van der Waals surface area (Å²) in [7, 11) is 1.28. The molecule has 0 bridgehead atoms. The molecule has 0 heterocycles. The molecule has 15 heavy (non-hydrogen) atoms. The van der Waals surface area contributed by atoms with Crippen molar-refractivity contribution in [2.75, 3.05) is 7.11 Å². The van der Waals surface area contributed by atoms with Gasteiger partial charge in [0.1, 0.15) is 0 Å². The van der Waals surface area contributed by atoms with E-state index in [0.717, 1.165) is 12.1 Å². The molecular weight excluding hydrogens is 270 g/mol. The van der Waals surface area contributed by atoms with Crippen LogP contribution in [-0.4, -0.2) is 13.1 Å². The number of esters is 1. The van der Waals surface area contributed by atoms with Gasteiger partial charge in [0.05, 0.1) is 7.11 Å². The van der Waals surface area contributed by atoms with Crippen molar-refractivity contribution in [1.82, 2.24) is 0 Å². The summed E-state index contributed by atoms with van der Waals surface area (Å²) in [5.41, 5.74) is 0.541. The van der Waals surface area contributed by atoms with Crippen LogP contribution in [0.5, 0.6) is 0 Å². The maximum absolute atomic E-state index is 12.9. The summed E-state index contributed by atoms with van der Waals surface area (Å²) in [6.45, 7) is 0. The maximum Gasteiger partial charge on any atom is 0.305 e. The summed E-state index contributed by atoms with van der Waals surface area (Å²) >= 11 is 3.09. The zero-order valence-electron chi connectivity index (χ0n) is 8.02. The van der Waals surface area contributed by atoms with Gasteiger partial charge in [-0.05, 0) is 24.1 Å². The Bertz CT molecular complexity index is 380. The number of aryl methyl sites for hydroxylation is 1. The van der Waals surface area contributed by atoms with Gasteiger partial charge in [0.25, 0.3) is 0 Å². The molecule has 0 fully saturated rings. The highest BCUT2D eigenvalue weighted by Gasteiger charge is 2.09. The van der Waals surface area contributed by atoms with Crippen LogP contribution in [0.4, 0.5) is 8.78 Å². The molecule has 2 nitrogen and oxygen atoms in total. The zero-order valence-corrected chi connectivity index (χ0v) is 9.61. The van der Waals surface area contributed by atoms with Crippen LogP contribution in [0.25, 0.3) is 0 Å². The van der Waals surface area contributed by atoms with E-state index in [1.165, 1.54) is 7.11 Å². The van der Waals surface area contributed by atoms with Gasteiger partial charge >= 0.3 is 5.97 Å². The Kier molecular flexibility index (Phi) is 4.20. The van der Waals surface area contributed by atoms with Gasteiger partial charge in [0.2, 0.25) is 0 Å². The van der Waals surface area contributed by atoms with E-state index in [1.807, 2.05) is 0 Å². The number of halogens is 3. The lowest BCUT2D eigenvalue weighted by Gasteiger charge is -2.04. The minimum absolute atomic E-state index is 0.139. The summed E-state index contributed by atoms with van der Waals surface area (Å²) in [6, 6.07) is 2.12. The predicted octanol–water partition coefficient (Wildman–Crippen LogP) is 2.83. The number of ether oxygens (including phenoxy) is 1. The van der Waals surface area contributed by atoms with E-state index in [9.17, 15) is 13.6 Å². The first-order chi connectivity index (χ1) is 7.04. The SMILES string of the molecule is COC(=O)CCc1cc(F)c(F)cc1Br. The van der Waals surface area contributed by atoms with Gasteiger partial charge in [-0.15, -0.1) is 0 Å². The number of rotatable bonds is 3. The van der Waals surface area contributed by atoms with Gasteiger partial charge < -0.3 is 4.74 Å². The van der Waals surface area contributed by atoms with E-state index in [1.54, 1.807) is 0 Å². The number of carbonyl (C=O) groups excluding carboxylic acids is 1. The van der Waals surface area contributed by atoms with Crippen LogP contribution in [-0.2, 0) is 16.0 Å². The third-order valence-corrected chi connectivity index (χ3v) is 2.65. The molecule has 1 rings (SSSR count). The fraction of sp³-hybridized carbons (Fsp3) is 0.300. The van der Waals surface area contributed by atoms with Crippen molar-refractivity contribution in [3.05, 3.63) is 33.8 Å². The zero-order chi connectivity index (χ0) is 11.4. The number of hydrogen-bond donors (Lipinski definition) is 0. The third-order valence-electron chi connectivity index (χ3n) is 1.92. The minimum atomic E-state index is -0.918. The van der Waals surface area contributed by atoms with E-state index in [0.29, 0.717) is 16.5 Å². The highest BCUT2D eigenvalue weighted by molar-refractivity contribution is 9.10. The highest BCUT2D eigenvalue weighted by Crippen LogP contribution is 2.21. The highest BCUT2D eigenvalue weighted by atomic mass is 79.9. The van der Waals surface area contributed by atoms with Gasteiger partial charge in [0, 0.05) is 10.9 Å². The van der Waals surface area contributed by atoms with E-state index in [4.69, 9.17) is 0 Å². The molecule has 1 aromatic rings. The van der Waals surface area contributed by atoms with Crippen molar-refractivity contribution in [3.63, 3.8) is 0 Å². The van der Waals surface area contributed by atoms with Gasteiger partial charge in [-0.3, -0.25) is 4.79 Å². The Morgan fingerprint density at radius 1 is 1.40 bits per heavy atom. The van der Waals surface area contributed by atoms with E-state index >= 15 is 0 Å². The molecule has 0 radical (unpaired) electrons. The smallest absolute Gasteiger partial charge is 0.305 e.